The van der Waals surface area contributed by atoms with Crippen LogP contribution in [0.3, 0.4) is 0 Å². The van der Waals surface area contributed by atoms with Crippen molar-refractivity contribution < 1.29 is 8.78 Å². The van der Waals surface area contributed by atoms with Crippen molar-refractivity contribution in [2.24, 2.45) is 0 Å². The van der Waals surface area contributed by atoms with E-state index in [0.717, 1.165) is 6.07 Å². The molecule has 0 aliphatic heterocycles. The van der Waals surface area contributed by atoms with Crippen LogP contribution in [0.25, 0.3) is 16.7 Å². The number of hydrogen-bond acceptors (Lipinski definition) is 1. The molecule has 0 unspecified atom stereocenters. The highest BCUT2D eigenvalue weighted by Crippen LogP contribution is 2.31. The molecule has 2 aromatic carbocycles. The van der Waals surface area contributed by atoms with Crippen molar-refractivity contribution in [1.82, 2.24) is 9.55 Å². The average Bonchev–Trinajstić information content (AvgIpc) is 2.80. The molecule has 0 saturated heterocycles. The van der Waals surface area contributed by atoms with Crippen LogP contribution in [0.4, 0.5) is 8.78 Å². The van der Waals surface area contributed by atoms with E-state index >= 15 is 0 Å². The van der Waals surface area contributed by atoms with Crippen LogP contribution in [0.15, 0.2) is 30.3 Å². The van der Waals surface area contributed by atoms with Crippen molar-refractivity contribution in [3.05, 3.63) is 57.8 Å². The maximum Gasteiger partial charge on any atom is 0.153 e. The first-order chi connectivity index (χ1) is 10.0. The number of aromatic nitrogens is 2. The van der Waals surface area contributed by atoms with Gasteiger partial charge in [0.25, 0.3) is 0 Å². The Morgan fingerprint density at radius 3 is 2.57 bits per heavy atom. The van der Waals surface area contributed by atoms with E-state index in [-0.39, 0.29) is 16.9 Å². The first-order valence-electron chi connectivity index (χ1n) is 5.89. The van der Waals surface area contributed by atoms with Crippen molar-refractivity contribution in [1.29, 1.82) is 0 Å². The van der Waals surface area contributed by atoms with Crippen molar-refractivity contribution in [3.8, 4) is 5.69 Å². The van der Waals surface area contributed by atoms with Gasteiger partial charge in [0, 0.05) is 17.2 Å². The predicted octanol–water partition coefficient (Wildman–Crippen LogP) is 5.35. The van der Waals surface area contributed by atoms with Crippen LogP contribution in [0.1, 0.15) is 5.82 Å². The molecular weight excluding hydrogens is 341 g/mol. The lowest BCUT2D eigenvalue weighted by Gasteiger charge is -2.10. The van der Waals surface area contributed by atoms with E-state index < -0.39 is 11.6 Å². The minimum absolute atomic E-state index is 0.0125. The summed E-state index contributed by atoms with van der Waals surface area (Å²) >= 11 is 18.0. The molecule has 0 aliphatic rings. The van der Waals surface area contributed by atoms with E-state index in [9.17, 15) is 8.78 Å². The first-order valence-corrected chi connectivity index (χ1v) is 7.18. The molecular formula is C14H7Cl3F2N2. The molecule has 0 radical (unpaired) electrons. The van der Waals surface area contributed by atoms with Gasteiger partial charge in [-0.1, -0.05) is 23.2 Å². The number of nitrogens with zero attached hydrogens (tertiary/aromatic N) is 2. The molecule has 0 N–H and O–H groups in total. The van der Waals surface area contributed by atoms with Gasteiger partial charge in [0.05, 0.1) is 22.1 Å². The largest absolute Gasteiger partial charge is 0.294 e. The number of hydrogen-bond donors (Lipinski definition) is 0. The molecule has 2 nitrogen and oxygen atoms in total. The number of imidazole rings is 1. The van der Waals surface area contributed by atoms with Crippen LogP contribution in [-0.2, 0) is 5.88 Å². The normalized spacial score (nSPS) is 11.3. The van der Waals surface area contributed by atoms with Gasteiger partial charge in [-0.25, -0.2) is 13.8 Å². The second-order valence-electron chi connectivity index (χ2n) is 4.35. The third kappa shape index (κ3) is 2.48. The van der Waals surface area contributed by atoms with Crippen molar-refractivity contribution >= 4 is 45.8 Å². The first kappa shape index (κ1) is 14.6. The molecule has 3 rings (SSSR count). The Morgan fingerprint density at radius 1 is 1.10 bits per heavy atom. The van der Waals surface area contributed by atoms with Gasteiger partial charge in [-0.3, -0.25) is 4.57 Å². The van der Waals surface area contributed by atoms with Gasteiger partial charge in [0.1, 0.15) is 17.2 Å². The van der Waals surface area contributed by atoms with E-state index in [4.69, 9.17) is 34.8 Å². The third-order valence-corrected chi connectivity index (χ3v) is 3.81. The summed E-state index contributed by atoms with van der Waals surface area (Å²) in [5.74, 6) is -1.10. The van der Waals surface area contributed by atoms with E-state index in [1.165, 1.54) is 10.6 Å². The molecule has 108 valence electrons. The highest BCUT2D eigenvalue weighted by molar-refractivity contribution is 6.34. The number of alkyl halides is 1. The van der Waals surface area contributed by atoms with Crippen molar-refractivity contribution in [2.45, 2.75) is 5.88 Å². The van der Waals surface area contributed by atoms with Crippen molar-refractivity contribution in [2.75, 3.05) is 0 Å². The second-order valence-corrected chi connectivity index (χ2v) is 5.46. The van der Waals surface area contributed by atoms with Crippen LogP contribution >= 0.6 is 34.8 Å². The summed E-state index contributed by atoms with van der Waals surface area (Å²) in [6, 6.07) is 6.76. The fourth-order valence-electron chi connectivity index (χ4n) is 2.17. The Bertz CT molecular complexity index is 846. The Labute approximate surface area is 133 Å². The number of halogens is 5. The zero-order chi connectivity index (χ0) is 15.1. The standard InChI is InChI=1S/C14H7Cl3F2N2/c15-6-13-20-14-10(19)4-8(18)5-12(14)21(13)11-3-7(16)1-2-9(11)17/h1-5H,6H2. The molecule has 0 spiro atoms. The molecule has 3 aromatic rings. The summed E-state index contributed by atoms with van der Waals surface area (Å²) in [5.41, 5.74) is 0.739. The van der Waals surface area contributed by atoms with E-state index in [1.54, 1.807) is 18.2 Å². The van der Waals surface area contributed by atoms with E-state index in [0.29, 0.717) is 21.6 Å². The second kappa shape index (κ2) is 5.44. The minimum Gasteiger partial charge on any atom is -0.294 e. The lowest BCUT2D eigenvalue weighted by atomic mass is 10.2. The van der Waals surface area contributed by atoms with Gasteiger partial charge < -0.3 is 0 Å². The minimum atomic E-state index is -0.756. The molecule has 0 atom stereocenters. The molecule has 1 aromatic heterocycles. The fraction of sp³-hybridized carbons (Fsp3) is 0.0714. The molecule has 0 aliphatic carbocycles. The van der Waals surface area contributed by atoms with Gasteiger partial charge in [-0.05, 0) is 18.2 Å². The Kier molecular flexibility index (Phi) is 3.78. The quantitative estimate of drug-likeness (QED) is 0.571. The van der Waals surface area contributed by atoms with Gasteiger partial charge >= 0.3 is 0 Å². The zero-order valence-corrected chi connectivity index (χ0v) is 12.6. The summed E-state index contributed by atoms with van der Waals surface area (Å²) in [4.78, 5) is 4.11. The van der Waals surface area contributed by atoms with E-state index in [1.807, 2.05) is 0 Å². The highest BCUT2D eigenvalue weighted by atomic mass is 35.5. The zero-order valence-electron chi connectivity index (χ0n) is 10.4. The summed E-state index contributed by atoms with van der Waals surface area (Å²) in [6.07, 6.45) is 0. The van der Waals surface area contributed by atoms with Crippen LogP contribution in [0, 0.1) is 11.6 Å². The third-order valence-electron chi connectivity index (χ3n) is 3.02. The maximum atomic E-state index is 13.9. The van der Waals surface area contributed by atoms with Crippen LogP contribution in [0.2, 0.25) is 10.0 Å². The fourth-order valence-corrected chi connectivity index (χ4v) is 2.71. The van der Waals surface area contributed by atoms with Gasteiger partial charge in [-0.2, -0.15) is 0 Å². The average molecular weight is 348 g/mol. The maximum absolute atomic E-state index is 13.9. The van der Waals surface area contributed by atoms with Crippen LogP contribution in [0.5, 0.6) is 0 Å². The molecule has 21 heavy (non-hydrogen) atoms. The Balaban J connectivity index is 2.43. The van der Waals surface area contributed by atoms with Crippen LogP contribution < -0.4 is 0 Å². The monoisotopic (exact) mass is 346 g/mol. The lowest BCUT2D eigenvalue weighted by Crippen LogP contribution is -2.00. The summed E-state index contributed by atoms with van der Waals surface area (Å²) < 4.78 is 28.9. The molecule has 0 amide bonds. The molecule has 0 saturated carbocycles. The highest BCUT2D eigenvalue weighted by Gasteiger charge is 2.18. The Hall–Kier alpha value is -1.36. The number of rotatable bonds is 2. The molecule has 0 bridgehead atoms. The molecule has 7 heteroatoms. The van der Waals surface area contributed by atoms with Gasteiger partial charge in [0.2, 0.25) is 0 Å². The SMILES string of the molecule is Fc1cc(F)c2nc(CCl)n(-c3cc(Cl)ccc3Cl)c2c1. The lowest BCUT2D eigenvalue weighted by molar-refractivity contribution is 0.590. The molecule has 1 heterocycles. The Morgan fingerprint density at radius 2 is 1.86 bits per heavy atom. The topological polar surface area (TPSA) is 17.8 Å². The summed E-state index contributed by atoms with van der Waals surface area (Å²) in [7, 11) is 0. The smallest absolute Gasteiger partial charge is 0.153 e. The molecule has 0 fully saturated rings. The van der Waals surface area contributed by atoms with Gasteiger partial charge in [-0.15, -0.1) is 11.6 Å². The van der Waals surface area contributed by atoms with Crippen LogP contribution in [-0.4, -0.2) is 9.55 Å². The van der Waals surface area contributed by atoms with Gasteiger partial charge in [0.15, 0.2) is 5.82 Å². The predicted molar refractivity (Wildman–Crippen MR) is 80.6 cm³/mol. The number of benzene rings is 2. The summed E-state index contributed by atoms with van der Waals surface area (Å²) in [6.45, 7) is 0. The number of fused-ring (bicyclic) bond motifs is 1. The summed E-state index contributed by atoms with van der Waals surface area (Å²) in [5, 5.41) is 0.809. The van der Waals surface area contributed by atoms with E-state index in [2.05, 4.69) is 4.98 Å². The van der Waals surface area contributed by atoms with Crippen molar-refractivity contribution in [3.63, 3.8) is 0 Å².